The van der Waals surface area contributed by atoms with Gasteiger partial charge in [-0.15, -0.1) is 0 Å². The van der Waals surface area contributed by atoms with Gasteiger partial charge in [0.2, 0.25) is 0 Å². The van der Waals surface area contributed by atoms with Gasteiger partial charge in [0.15, 0.2) is 0 Å². The van der Waals surface area contributed by atoms with Crippen molar-refractivity contribution < 1.29 is 0 Å². The van der Waals surface area contributed by atoms with E-state index in [4.69, 9.17) is 0 Å². The van der Waals surface area contributed by atoms with Crippen LogP contribution >= 0.6 is 0 Å². The summed E-state index contributed by atoms with van der Waals surface area (Å²) in [5.74, 6) is 0. The topological polar surface area (TPSA) is 3.24 Å². The van der Waals surface area contributed by atoms with Gasteiger partial charge in [0, 0.05) is 23.5 Å². The fourth-order valence-electron chi connectivity index (χ4n) is 3.34. The van der Waals surface area contributed by atoms with Crippen molar-refractivity contribution in [1.29, 1.82) is 0 Å². The van der Waals surface area contributed by atoms with E-state index in [1.54, 1.807) is 0 Å². The van der Waals surface area contributed by atoms with E-state index < -0.39 is 0 Å². The quantitative estimate of drug-likeness (QED) is 0.724. The van der Waals surface area contributed by atoms with Crippen molar-refractivity contribution >= 4 is 17.5 Å². The van der Waals surface area contributed by atoms with Crippen molar-refractivity contribution in [2.45, 2.75) is 19.8 Å². The van der Waals surface area contributed by atoms with Gasteiger partial charge in [-0.05, 0) is 43.0 Å². The molecule has 0 spiro atoms. The van der Waals surface area contributed by atoms with Crippen LogP contribution in [0, 0.1) is 0 Å². The Hall–Kier alpha value is -2.02. The number of hydrogen-bond acceptors (Lipinski definition) is 1. The number of allylic oxidation sites excluding steroid dienone is 1. The number of benzene rings is 2. The summed E-state index contributed by atoms with van der Waals surface area (Å²) in [6, 6.07) is 15.5. The number of rotatable bonds is 1. The van der Waals surface area contributed by atoms with Crippen molar-refractivity contribution in [1.82, 2.24) is 0 Å². The first-order valence-corrected chi connectivity index (χ1v) is 6.97. The zero-order valence-electron chi connectivity index (χ0n) is 11.2. The fraction of sp³-hybridized carbons (Fsp3) is 0.222. The van der Waals surface area contributed by atoms with Crippen molar-refractivity contribution in [3.8, 4) is 0 Å². The molecule has 2 aliphatic rings. The molecule has 0 saturated heterocycles. The fourth-order valence-corrected chi connectivity index (χ4v) is 3.34. The molecule has 1 heterocycles. The Labute approximate surface area is 114 Å². The van der Waals surface area contributed by atoms with Crippen LogP contribution in [0.1, 0.15) is 23.6 Å². The summed E-state index contributed by atoms with van der Waals surface area (Å²) in [6.45, 7) is 3.32. The normalized spacial score (nSPS) is 16.3. The van der Waals surface area contributed by atoms with E-state index in [1.165, 1.54) is 33.6 Å². The standard InChI is InChI=1S/C18H17N/c1-13-11-15-6-4-8-18(16(15)12-13)19-10-9-14-5-2-3-7-17(14)19/h2-8,12H,9-11H2,1H3. The SMILES string of the molecule is CC1=Cc2c(cccc2N2CCc3ccccc32)C1. The highest BCUT2D eigenvalue weighted by atomic mass is 15.2. The summed E-state index contributed by atoms with van der Waals surface area (Å²) in [7, 11) is 0. The van der Waals surface area contributed by atoms with Crippen LogP contribution in [0.4, 0.5) is 11.4 Å². The minimum Gasteiger partial charge on any atom is -0.340 e. The smallest absolute Gasteiger partial charge is 0.0487 e. The average molecular weight is 247 g/mol. The van der Waals surface area contributed by atoms with Crippen LogP contribution in [0.5, 0.6) is 0 Å². The Kier molecular flexibility index (Phi) is 2.28. The summed E-state index contributed by atoms with van der Waals surface area (Å²) < 4.78 is 0. The Balaban J connectivity index is 1.86. The number of fused-ring (bicyclic) bond motifs is 2. The maximum atomic E-state index is 2.48. The average Bonchev–Trinajstić information content (AvgIpc) is 3.00. The van der Waals surface area contributed by atoms with E-state index in [-0.39, 0.29) is 0 Å². The van der Waals surface area contributed by atoms with Crippen molar-refractivity contribution in [3.05, 3.63) is 64.7 Å². The molecule has 0 aromatic heterocycles. The van der Waals surface area contributed by atoms with Crippen LogP contribution in [0.15, 0.2) is 48.0 Å². The molecule has 1 aliphatic carbocycles. The van der Waals surface area contributed by atoms with Crippen LogP contribution in [-0.2, 0) is 12.8 Å². The molecule has 0 amide bonds. The zero-order valence-corrected chi connectivity index (χ0v) is 11.2. The third-order valence-electron chi connectivity index (χ3n) is 4.21. The van der Waals surface area contributed by atoms with E-state index in [0.29, 0.717) is 0 Å². The number of anilines is 2. The Morgan fingerprint density at radius 3 is 2.63 bits per heavy atom. The van der Waals surface area contributed by atoms with Gasteiger partial charge in [-0.3, -0.25) is 0 Å². The Morgan fingerprint density at radius 2 is 1.68 bits per heavy atom. The highest BCUT2D eigenvalue weighted by Crippen LogP contribution is 2.40. The molecule has 0 N–H and O–H groups in total. The van der Waals surface area contributed by atoms with Crippen LogP contribution < -0.4 is 4.90 Å². The van der Waals surface area contributed by atoms with Gasteiger partial charge in [0.05, 0.1) is 0 Å². The third-order valence-corrected chi connectivity index (χ3v) is 4.21. The molecule has 4 rings (SSSR count). The lowest BCUT2D eigenvalue weighted by Crippen LogP contribution is -2.14. The molecule has 0 atom stereocenters. The second-order valence-electron chi connectivity index (χ2n) is 5.55. The third kappa shape index (κ3) is 1.61. The molecule has 0 saturated carbocycles. The predicted molar refractivity (Wildman–Crippen MR) is 80.9 cm³/mol. The molecule has 19 heavy (non-hydrogen) atoms. The molecule has 0 bridgehead atoms. The highest BCUT2D eigenvalue weighted by molar-refractivity contribution is 5.81. The van der Waals surface area contributed by atoms with Crippen LogP contribution in [-0.4, -0.2) is 6.54 Å². The molecule has 1 aliphatic heterocycles. The van der Waals surface area contributed by atoms with E-state index in [1.807, 2.05) is 0 Å². The Morgan fingerprint density at radius 1 is 0.895 bits per heavy atom. The molecular formula is C18H17N. The number of para-hydroxylation sites is 1. The zero-order chi connectivity index (χ0) is 12.8. The summed E-state index contributed by atoms with van der Waals surface area (Å²) in [5, 5.41) is 0. The van der Waals surface area contributed by atoms with Crippen LogP contribution in [0.25, 0.3) is 6.08 Å². The maximum absolute atomic E-state index is 2.48. The van der Waals surface area contributed by atoms with Gasteiger partial charge >= 0.3 is 0 Å². The lowest BCUT2D eigenvalue weighted by molar-refractivity contribution is 0.995. The summed E-state index contributed by atoms with van der Waals surface area (Å²) in [5.41, 5.74) is 8.60. The first-order chi connectivity index (χ1) is 9.33. The molecular weight excluding hydrogens is 230 g/mol. The minimum absolute atomic E-state index is 1.10. The molecule has 94 valence electrons. The van der Waals surface area contributed by atoms with Gasteiger partial charge < -0.3 is 4.90 Å². The Bertz CT molecular complexity index is 682. The maximum Gasteiger partial charge on any atom is 0.0487 e. The van der Waals surface area contributed by atoms with E-state index in [2.05, 4.69) is 60.4 Å². The molecule has 1 nitrogen and oxygen atoms in total. The summed E-state index contributed by atoms with van der Waals surface area (Å²) in [6.07, 6.45) is 4.62. The number of hydrogen-bond donors (Lipinski definition) is 0. The van der Waals surface area contributed by atoms with E-state index >= 15 is 0 Å². The van der Waals surface area contributed by atoms with E-state index in [0.717, 1.165) is 19.4 Å². The predicted octanol–water partition coefficient (Wildman–Crippen LogP) is 4.34. The second kappa shape index (κ2) is 3.99. The van der Waals surface area contributed by atoms with Gasteiger partial charge in [0.1, 0.15) is 0 Å². The van der Waals surface area contributed by atoms with Gasteiger partial charge in [-0.2, -0.15) is 0 Å². The second-order valence-corrected chi connectivity index (χ2v) is 5.55. The first-order valence-electron chi connectivity index (χ1n) is 6.97. The van der Waals surface area contributed by atoms with Crippen molar-refractivity contribution in [2.24, 2.45) is 0 Å². The summed E-state index contributed by atoms with van der Waals surface area (Å²) in [4.78, 5) is 2.48. The van der Waals surface area contributed by atoms with Gasteiger partial charge in [-0.1, -0.05) is 42.0 Å². The molecule has 2 aromatic rings. The molecule has 0 fully saturated rings. The van der Waals surface area contributed by atoms with Crippen LogP contribution in [0.2, 0.25) is 0 Å². The minimum atomic E-state index is 1.10. The lowest BCUT2D eigenvalue weighted by atomic mass is 10.1. The van der Waals surface area contributed by atoms with Gasteiger partial charge in [0.25, 0.3) is 0 Å². The van der Waals surface area contributed by atoms with Crippen molar-refractivity contribution in [2.75, 3.05) is 11.4 Å². The molecule has 0 radical (unpaired) electrons. The van der Waals surface area contributed by atoms with E-state index in [9.17, 15) is 0 Å². The number of nitrogens with zero attached hydrogens (tertiary/aromatic N) is 1. The molecule has 2 aromatic carbocycles. The first kappa shape index (κ1) is 10.9. The van der Waals surface area contributed by atoms with Crippen molar-refractivity contribution in [3.63, 3.8) is 0 Å². The largest absolute Gasteiger partial charge is 0.340 e. The lowest BCUT2D eigenvalue weighted by Gasteiger charge is -2.22. The summed E-state index contributed by atoms with van der Waals surface area (Å²) >= 11 is 0. The molecule has 1 heteroatoms. The van der Waals surface area contributed by atoms with Crippen LogP contribution in [0.3, 0.4) is 0 Å². The highest BCUT2D eigenvalue weighted by Gasteiger charge is 2.23. The van der Waals surface area contributed by atoms with Gasteiger partial charge in [-0.25, -0.2) is 0 Å². The molecule has 0 unspecified atom stereocenters. The monoisotopic (exact) mass is 247 g/mol.